The van der Waals surface area contributed by atoms with Gasteiger partial charge in [0.25, 0.3) is 5.91 Å². The smallest absolute Gasteiger partial charge is 0.295 e. The number of amides is 1. The summed E-state index contributed by atoms with van der Waals surface area (Å²) >= 11 is 3.24. The van der Waals surface area contributed by atoms with Gasteiger partial charge in [0.05, 0.1) is 6.54 Å². The number of pyridine rings is 1. The Kier molecular flexibility index (Phi) is 5.19. The summed E-state index contributed by atoms with van der Waals surface area (Å²) in [6.45, 7) is 0.405. The van der Waals surface area contributed by atoms with Crippen molar-refractivity contribution in [2.45, 2.75) is 6.54 Å². The van der Waals surface area contributed by atoms with E-state index >= 15 is 0 Å². The van der Waals surface area contributed by atoms with Crippen LogP contribution < -0.4 is 9.80 Å². The molecule has 2 aromatic heterocycles. The predicted octanol–water partition coefficient (Wildman–Crippen LogP) is 4.35. The van der Waals surface area contributed by atoms with Gasteiger partial charge in [-0.15, -0.1) is 0 Å². The number of nitrogens with zero attached hydrogens (tertiary/aromatic N) is 3. The molecular weight excluding hydrogens is 382 g/mol. The molecule has 0 fully saturated rings. The highest BCUT2D eigenvalue weighted by Gasteiger charge is 2.22. The van der Waals surface area contributed by atoms with Crippen LogP contribution in [-0.2, 0) is 6.54 Å². The summed E-state index contributed by atoms with van der Waals surface area (Å²) in [6, 6.07) is 16.9. The summed E-state index contributed by atoms with van der Waals surface area (Å²) in [5.74, 6) is 0.611. The summed E-state index contributed by atoms with van der Waals surface area (Å²) < 4.78 is 5.95. The van der Waals surface area contributed by atoms with Crippen molar-refractivity contribution in [1.29, 1.82) is 0 Å². The molecule has 0 spiro atoms. The zero-order chi connectivity index (χ0) is 17.8. The molecule has 0 unspecified atom stereocenters. The fourth-order valence-electron chi connectivity index (χ4n) is 2.41. The Balaban J connectivity index is 1.90. The maximum absolute atomic E-state index is 12.9. The number of hydrogen-bond acceptors (Lipinski definition) is 4. The molecule has 3 aromatic rings. The Morgan fingerprint density at radius 3 is 2.40 bits per heavy atom. The summed E-state index contributed by atoms with van der Waals surface area (Å²) in [4.78, 5) is 20.9. The van der Waals surface area contributed by atoms with E-state index in [-0.39, 0.29) is 11.7 Å². The highest BCUT2D eigenvalue weighted by Crippen LogP contribution is 2.22. The number of carbonyl (C=O) groups is 1. The normalized spacial score (nSPS) is 10.5. The topological polar surface area (TPSA) is 49.6 Å². The molecule has 1 aromatic carbocycles. The van der Waals surface area contributed by atoms with Crippen LogP contribution in [0, 0.1) is 0 Å². The molecule has 3 rings (SSSR count). The Morgan fingerprint density at radius 1 is 1.08 bits per heavy atom. The Labute approximate surface area is 155 Å². The molecule has 0 aliphatic heterocycles. The third-order valence-electron chi connectivity index (χ3n) is 3.75. The van der Waals surface area contributed by atoms with Crippen LogP contribution in [0.3, 0.4) is 0 Å². The molecule has 0 radical (unpaired) electrons. The van der Waals surface area contributed by atoms with Gasteiger partial charge in [0, 0.05) is 26.0 Å². The van der Waals surface area contributed by atoms with Crippen LogP contribution in [0.25, 0.3) is 0 Å². The summed E-state index contributed by atoms with van der Waals surface area (Å²) in [5, 5.41) is 0. The highest BCUT2D eigenvalue weighted by atomic mass is 79.9. The Hall–Kier alpha value is -2.60. The standard InChI is InChI=1S/C19H18BrN3O2/c1-22(2)15-8-6-14(7-9-15)13-23(18-5-3-4-12-21-18)19(24)16-10-11-17(20)25-16/h3-12H,13H2,1-2H3. The van der Waals surface area contributed by atoms with Gasteiger partial charge in [0.15, 0.2) is 10.4 Å². The maximum Gasteiger partial charge on any atom is 0.295 e. The lowest BCUT2D eigenvalue weighted by Gasteiger charge is -2.21. The molecule has 128 valence electrons. The van der Waals surface area contributed by atoms with E-state index < -0.39 is 0 Å². The van der Waals surface area contributed by atoms with Crippen LogP contribution in [0.15, 0.2) is 69.9 Å². The van der Waals surface area contributed by atoms with E-state index in [0.29, 0.717) is 17.0 Å². The second-order valence-corrected chi connectivity index (χ2v) is 6.53. The second kappa shape index (κ2) is 7.53. The second-order valence-electron chi connectivity index (χ2n) is 5.74. The molecule has 25 heavy (non-hydrogen) atoms. The van der Waals surface area contributed by atoms with Crippen molar-refractivity contribution in [3.05, 3.63) is 76.8 Å². The van der Waals surface area contributed by atoms with Crippen molar-refractivity contribution in [2.24, 2.45) is 0 Å². The van der Waals surface area contributed by atoms with Crippen molar-refractivity contribution in [3.63, 3.8) is 0 Å². The van der Waals surface area contributed by atoms with Crippen LogP contribution in [0.4, 0.5) is 11.5 Å². The first kappa shape index (κ1) is 17.2. The summed E-state index contributed by atoms with van der Waals surface area (Å²) in [5.41, 5.74) is 2.12. The van der Waals surface area contributed by atoms with E-state index in [2.05, 4.69) is 20.9 Å². The van der Waals surface area contributed by atoms with Gasteiger partial charge >= 0.3 is 0 Å². The average molecular weight is 400 g/mol. The van der Waals surface area contributed by atoms with E-state index in [9.17, 15) is 4.79 Å². The first-order chi connectivity index (χ1) is 12.0. The van der Waals surface area contributed by atoms with Gasteiger partial charge in [0.1, 0.15) is 5.82 Å². The number of carbonyl (C=O) groups excluding carboxylic acids is 1. The molecule has 2 heterocycles. The van der Waals surface area contributed by atoms with Crippen LogP contribution in [0.1, 0.15) is 16.1 Å². The van der Waals surface area contributed by atoms with Gasteiger partial charge in [-0.25, -0.2) is 4.98 Å². The first-order valence-electron chi connectivity index (χ1n) is 7.79. The fourth-order valence-corrected chi connectivity index (χ4v) is 2.72. The summed E-state index contributed by atoms with van der Waals surface area (Å²) in [6.07, 6.45) is 1.67. The van der Waals surface area contributed by atoms with Crippen molar-refractivity contribution in [3.8, 4) is 0 Å². The number of halogens is 1. The van der Waals surface area contributed by atoms with Gasteiger partial charge in [0.2, 0.25) is 0 Å². The van der Waals surface area contributed by atoms with E-state index in [0.717, 1.165) is 11.3 Å². The van der Waals surface area contributed by atoms with Crippen molar-refractivity contribution < 1.29 is 9.21 Å². The molecule has 0 aliphatic rings. The molecule has 6 heteroatoms. The van der Waals surface area contributed by atoms with Crippen molar-refractivity contribution >= 4 is 33.3 Å². The Bertz CT molecular complexity index is 845. The van der Waals surface area contributed by atoms with Crippen LogP contribution in [0.5, 0.6) is 0 Å². The first-order valence-corrected chi connectivity index (χ1v) is 8.58. The molecule has 0 aliphatic carbocycles. The number of aromatic nitrogens is 1. The molecule has 0 atom stereocenters. The molecular formula is C19H18BrN3O2. The maximum atomic E-state index is 12.9. The van der Waals surface area contributed by atoms with Crippen molar-refractivity contribution in [1.82, 2.24) is 4.98 Å². The van der Waals surface area contributed by atoms with E-state index in [1.807, 2.05) is 61.5 Å². The summed E-state index contributed by atoms with van der Waals surface area (Å²) in [7, 11) is 3.99. The SMILES string of the molecule is CN(C)c1ccc(CN(C(=O)c2ccc(Br)o2)c2ccccn2)cc1. The molecule has 0 saturated carbocycles. The van der Waals surface area contributed by atoms with Gasteiger partial charge in [-0.05, 0) is 57.9 Å². The number of furan rings is 1. The molecule has 5 nitrogen and oxygen atoms in total. The fraction of sp³-hybridized carbons (Fsp3) is 0.158. The third-order valence-corrected chi connectivity index (χ3v) is 4.17. The van der Waals surface area contributed by atoms with Crippen molar-refractivity contribution in [2.75, 3.05) is 23.9 Å². The minimum Gasteiger partial charge on any atom is -0.444 e. The lowest BCUT2D eigenvalue weighted by atomic mass is 10.1. The van der Waals surface area contributed by atoms with Gasteiger partial charge in [-0.1, -0.05) is 18.2 Å². The van der Waals surface area contributed by atoms with Gasteiger partial charge < -0.3 is 9.32 Å². The zero-order valence-corrected chi connectivity index (χ0v) is 15.6. The Morgan fingerprint density at radius 2 is 1.84 bits per heavy atom. The number of benzene rings is 1. The van der Waals surface area contributed by atoms with E-state index in [1.165, 1.54) is 0 Å². The minimum atomic E-state index is -0.235. The average Bonchev–Trinajstić information content (AvgIpc) is 3.06. The van der Waals surface area contributed by atoms with E-state index in [1.54, 1.807) is 23.2 Å². The quantitative estimate of drug-likeness (QED) is 0.639. The lowest BCUT2D eigenvalue weighted by Crippen LogP contribution is -2.30. The number of rotatable bonds is 5. The third kappa shape index (κ3) is 4.09. The minimum absolute atomic E-state index is 0.235. The van der Waals surface area contributed by atoms with Gasteiger partial charge in [-0.3, -0.25) is 9.69 Å². The monoisotopic (exact) mass is 399 g/mol. The van der Waals surface area contributed by atoms with Gasteiger partial charge in [-0.2, -0.15) is 0 Å². The molecule has 0 N–H and O–H groups in total. The zero-order valence-electron chi connectivity index (χ0n) is 14.0. The molecule has 1 amide bonds. The molecule has 0 bridgehead atoms. The number of hydrogen-bond donors (Lipinski definition) is 0. The predicted molar refractivity (Wildman–Crippen MR) is 102 cm³/mol. The molecule has 0 saturated heterocycles. The lowest BCUT2D eigenvalue weighted by molar-refractivity contribution is 0.0956. The largest absolute Gasteiger partial charge is 0.444 e. The highest BCUT2D eigenvalue weighted by molar-refractivity contribution is 9.10. The van der Waals surface area contributed by atoms with Crippen LogP contribution >= 0.6 is 15.9 Å². The van der Waals surface area contributed by atoms with E-state index in [4.69, 9.17) is 4.42 Å². The number of anilines is 2. The van der Waals surface area contributed by atoms with Crippen LogP contribution in [0.2, 0.25) is 0 Å². The van der Waals surface area contributed by atoms with Crippen LogP contribution in [-0.4, -0.2) is 25.0 Å².